The highest BCUT2D eigenvalue weighted by Crippen LogP contribution is 2.30. The van der Waals surface area contributed by atoms with Crippen molar-refractivity contribution >= 4 is 19.9 Å². The van der Waals surface area contributed by atoms with Gasteiger partial charge >= 0.3 is 0 Å². The molecular formula is C26H33N3O3Si. The van der Waals surface area contributed by atoms with Gasteiger partial charge in [-0.3, -0.25) is 14.6 Å². The molecule has 1 aromatic heterocycles. The van der Waals surface area contributed by atoms with E-state index < -0.39 is 19.3 Å². The van der Waals surface area contributed by atoms with Gasteiger partial charge in [0.05, 0.1) is 20.3 Å². The fourth-order valence-electron chi connectivity index (χ4n) is 3.88. The van der Waals surface area contributed by atoms with Gasteiger partial charge < -0.3 is 15.4 Å². The lowest BCUT2D eigenvalue weighted by atomic mass is 10.0. The van der Waals surface area contributed by atoms with E-state index in [9.17, 15) is 9.59 Å². The Hall–Kier alpha value is -3.19. The molecule has 1 aliphatic rings. The van der Waals surface area contributed by atoms with E-state index in [1.165, 1.54) is 0 Å². The molecule has 0 bridgehead atoms. The van der Waals surface area contributed by atoms with Gasteiger partial charge in [-0.15, -0.1) is 0 Å². The molecule has 2 atom stereocenters. The minimum absolute atomic E-state index is 0.184. The van der Waals surface area contributed by atoms with Crippen LogP contribution in [0.2, 0.25) is 19.6 Å². The predicted molar refractivity (Wildman–Crippen MR) is 134 cm³/mol. The first kappa shape index (κ1) is 24.4. The average Bonchev–Trinajstić information content (AvgIpc) is 2.82. The summed E-state index contributed by atoms with van der Waals surface area (Å²) in [5, 5.41) is 5.85. The minimum Gasteiger partial charge on any atom is -0.497 e. The molecule has 2 unspecified atom stereocenters. The third-order valence-electron chi connectivity index (χ3n) is 6.13. The number of allylic oxidation sites excluding steroid dienone is 2. The second kappa shape index (κ2) is 10.6. The van der Waals surface area contributed by atoms with Crippen LogP contribution in [0, 0.1) is 0 Å². The molecule has 7 heteroatoms. The fraction of sp³-hybridized carbons (Fsp3) is 0.346. The molecule has 3 rings (SSSR count). The van der Waals surface area contributed by atoms with Gasteiger partial charge in [0, 0.05) is 18.8 Å². The highest BCUT2D eigenvalue weighted by molar-refractivity contribution is 6.80. The van der Waals surface area contributed by atoms with E-state index in [1.807, 2.05) is 36.4 Å². The van der Waals surface area contributed by atoms with E-state index in [0.717, 1.165) is 12.0 Å². The third-order valence-corrected chi connectivity index (χ3v) is 9.31. The van der Waals surface area contributed by atoms with E-state index in [0.29, 0.717) is 17.7 Å². The van der Waals surface area contributed by atoms with E-state index in [2.05, 4.69) is 47.4 Å². The van der Waals surface area contributed by atoms with Crippen molar-refractivity contribution in [1.82, 2.24) is 15.6 Å². The van der Waals surface area contributed by atoms with Crippen molar-refractivity contribution in [1.29, 1.82) is 0 Å². The molecule has 6 nitrogen and oxygen atoms in total. The summed E-state index contributed by atoms with van der Waals surface area (Å²) in [6.07, 6.45) is 13.2. The number of methoxy groups -OCH3 is 1. The van der Waals surface area contributed by atoms with Gasteiger partial charge in [0.1, 0.15) is 11.8 Å². The van der Waals surface area contributed by atoms with Crippen LogP contribution in [-0.2, 0) is 16.0 Å². The van der Waals surface area contributed by atoms with Crippen molar-refractivity contribution in [2.75, 3.05) is 7.11 Å². The molecule has 0 radical (unpaired) electrons. The topological polar surface area (TPSA) is 80.3 Å². The zero-order chi connectivity index (χ0) is 23.9. The van der Waals surface area contributed by atoms with Gasteiger partial charge in [0.2, 0.25) is 11.8 Å². The van der Waals surface area contributed by atoms with Crippen molar-refractivity contribution in [3.8, 4) is 5.75 Å². The first-order valence-corrected chi connectivity index (χ1v) is 14.7. The molecule has 0 spiro atoms. The number of carbonyl (C=O) groups is 2. The number of ether oxygens (including phenoxy) is 1. The normalized spacial score (nSPS) is 18.4. The highest BCUT2D eigenvalue weighted by Gasteiger charge is 2.43. The molecule has 0 saturated carbocycles. The molecule has 2 amide bonds. The van der Waals surface area contributed by atoms with Gasteiger partial charge in [0.15, 0.2) is 0 Å². The molecule has 2 aromatic rings. The Morgan fingerprint density at radius 3 is 2.48 bits per heavy atom. The Morgan fingerprint density at radius 1 is 1.15 bits per heavy atom. The first-order chi connectivity index (χ1) is 15.7. The number of benzene rings is 1. The number of pyridine rings is 1. The van der Waals surface area contributed by atoms with Crippen molar-refractivity contribution in [3.05, 3.63) is 84.2 Å². The number of amides is 2. The maximum atomic E-state index is 13.6. The van der Waals surface area contributed by atoms with Crippen LogP contribution in [-0.4, -0.2) is 37.1 Å². The summed E-state index contributed by atoms with van der Waals surface area (Å²) in [6.45, 7) is 6.73. The standard InChI is InChI=1S/C26H33N3O3Si/c1-32-22-13-11-21(12-14-22)24(28-23(30)15-10-20-9-8-18-27-19-20)25(31)29-26(33(2,3)4)16-6-5-7-17-26/h5-9,11-14,16,18-19,24H,10,15,17H2,1-4H3,(H,28,30)(H,29,31). The SMILES string of the molecule is COc1ccc(C(NC(=O)CCc2cccnc2)C(=O)NC2([Si](C)(C)C)C=CC=CC2)cc1. The van der Waals surface area contributed by atoms with Crippen LogP contribution in [0.5, 0.6) is 5.75 Å². The largest absolute Gasteiger partial charge is 0.497 e. The van der Waals surface area contributed by atoms with Crippen molar-refractivity contribution in [3.63, 3.8) is 0 Å². The minimum atomic E-state index is -1.84. The molecular weight excluding hydrogens is 430 g/mol. The van der Waals surface area contributed by atoms with Crippen molar-refractivity contribution in [2.24, 2.45) is 0 Å². The lowest BCUT2D eigenvalue weighted by molar-refractivity contribution is -0.129. The highest BCUT2D eigenvalue weighted by atomic mass is 28.3. The van der Waals surface area contributed by atoms with Crippen LogP contribution in [0.1, 0.15) is 30.0 Å². The Bertz CT molecular complexity index is 1010. The monoisotopic (exact) mass is 463 g/mol. The third kappa shape index (κ3) is 6.19. The summed E-state index contributed by atoms with van der Waals surface area (Å²) in [6, 6.07) is 10.2. The second-order valence-corrected chi connectivity index (χ2v) is 14.7. The first-order valence-electron chi connectivity index (χ1n) is 11.2. The van der Waals surface area contributed by atoms with Gasteiger partial charge in [-0.1, -0.05) is 62.1 Å². The Kier molecular flexibility index (Phi) is 7.86. The fourth-order valence-corrected chi connectivity index (χ4v) is 5.71. The number of rotatable bonds is 9. The van der Waals surface area contributed by atoms with Gasteiger partial charge in [-0.2, -0.15) is 0 Å². The Labute approximate surface area is 197 Å². The smallest absolute Gasteiger partial charge is 0.247 e. The summed E-state index contributed by atoms with van der Waals surface area (Å²) < 4.78 is 5.26. The molecule has 1 aromatic carbocycles. The molecule has 0 fully saturated rings. The number of hydrogen-bond acceptors (Lipinski definition) is 4. The number of aryl methyl sites for hydroxylation is 1. The summed E-state index contributed by atoms with van der Waals surface area (Å²) in [5.74, 6) is 0.299. The summed E-state index contributed by atoms with van der Waals surface area (Å²) in [5.41, 5.74) is 1.69. The summed E-state index contributed by atoms with van der Waals surface area (Å²) in [7, 11) is -0.243. The number of aromatic nitrogens is 1. The van der Waals surface area contributed by atoms with Crippen LogP contribution in [0.25, 0.3) is 0 Å². The van der Waals surface area contributed by atoms with Gasteiger partial charge in [0.25, 0.3) is 0 Å². The Balaban J connectivity index is 1.81. The van der Waals surface area contributed by atoms with Crippen LogP contribution >= 0.6 is 0 Å². The summed E-state index contributed by atoms with van der Waals surface area (Å²) >= 11 is 0. The lowest BCUT2D eigenvalue weighted by Gasteiger charge is -2.43. The van der Waals surface area contributed by atoms with Crippen LogP contribution in [0.4, 0.5) is 0 Å². The summed E-state index contributed by atoms with van der Waals surface area (Å²) in [4.78, 5) is 30.6. The average molecular weight is 464 g/mol. The van der Waals surface area contributed by atoms with E-state index in [-0.39, 0.29) is 18.2 Å². The number of carbonyl (C=O) groups excluding carboxylic acids is 2. The van der Waals surface area contributed by atoms with Gasteiger partial charge in [-0.05, 0) is 42.2 Å². The molecule has 174 valence electrons. The Morgan fingerprint density at radius 2 is 1.91 bits per heavy atom. The number of hydrogen-bond donors (Lipinski definition) is 2. The van der Waals surface area contributed by atoms with E-state index >= 15 is 0 Å². The van der Waals surface area contributed by atoms with E-state index in [1.54, 1.807) is 31.6 Å². The van der Waals surface area contributed by atoms with Crippen LogP contribution in [0.15, 0.2) is 73.1 Å². The molecule has 33 heavy (non-hydrogen) atoms. The molecule has 1 heterocycles. The zero-order valence-electron chi connectivity index (χ0n) is 19.8. The molecule has 0 aliphatic heterocycles. The van der Waals surface area contributed by atoms with Gasteiger partial charge in [-0.25, -0.2) is 0 Å². The van der Waals surface area contributed by atoms with Crippen LogP contribution in [0.3, 0.4) is 0 Å². The zero-order valence-corrected chi connectivity index (χ0v) is 20.8. The van der Waals surface area contributed by atoms with Crippen molar-refractivity contribution < 1.29 is 14.3 Å². The number of nitrogens with zero attached hydrogens (tertiary/aromatic N) is 1. The van der Waals surface area contributed by atoms with Crippen LogP contribution < -0.4 is 15.4 Å². The quantitative estimate of drug-likeness (QED) is 0.548. The molecule has 0 saturated heterocycles. The predicted octanol–water partition coefficient (Wildman–Crippen LogP) is 4.13. The van der Waals surface area contributed by atoms with Crippen molar-refractivity contribution in [2.45, 2.75) is 50.1 Å². The van der Waals surface area contributed by atoms with E-state index in [4.69, 9.17) is 4.74 Å². The second-order valence-electron chi connectivity index (χ2n) is 9.34. The lowest BCUT2D eigenvalue weighted by Crippen LogP contribution is -2.64. The maximum Gasteiger partial charge on any atom is 0.247 e. The number of nitrogens with one attached hydrogen (secondary N) is 2. The molecule has 1 aliphatic carbocycles. The molecule has 2 N–H and O–H groups in total. The maximum absolute atomic E-state index is 13.6.